The summed E-state index contributed by atoms with van der Waals surface area (Å²) in [5, 5.41) is 2.59. The van der Waals surface area contributed by atoms with Gasteiger partial charge in [-0.05, 0) is 12.3 Å². The first-order chi connectivity index (χ1) is 6.97. The zero-order chi connectivity index (χ0) is 11.6. The van der Waals surface area contributed by atoms with Crippen molar-refractivity contribution >= 4 is 17.6 Å². The zero-order valence-electron chi connectivity index (χ0n) is 9.28. The van der Waals surface area contributed by atoms with Crippen molar-refractivity contribution in [3.63, 3.8) is 0 Å². The average Bonchev–Trinajstić information content (AvgIpc) is 2.15. The minimum Gasteiger partial charge on any atom is -0.321 e. The number of nitrogens with one attached hydrogen (secondary N) is 1. The van der Waals surface area contributed by atoms with Crippen LogP contribution < -0.4 is 11.1 Å². The van der Waals surface area contributed by atoms with E-state index in [-0.39, 0.29) is 17.7 Å². The van der Waals surface area contributed by atoms with Crippen LogP contribution in [-0.2, 0) is 9.59 Å². The second-order valence-electron chi connectivity index (χ2n) is 4.06. The summed E-state index contributed by atoms with van der Waals surface area (Å²) in [6, 6.07) is -0.393. The normalized spacial score (nSPS) is 23.8. The highest BCUT2D eigenvalue weighted by Crippen LogP contribution is 2.12. The minimum absolute atomic E-state index is 0.134. The molecule has 5 nitrogen and oxygen atoms in total. The summed E-state index contributed by atoms with van der Waals surface area (Å²) in [5.74, 6) is -0.885. The van der Waals surface area contributed by atoms with Gasteiger partial charge in [-0.3, -0.25) is 9.59 Å². The molecule has 84 valence electrons. The molecule has 0 radical (unpaired) electrons. The van der Waals surface area contributed by atoms with Gasteiger partial charge >= 0.3 is 0 Å². The molecule has 0 bridgehead atoms. The first kappa shape index (κ1) is 11.8. The van der Waals surface area contributed by atoms with E-state index < -0.39 is 12.0 Å². The molecule has 0 spiro atoms. The predicted molar refractivity (Wildman–Crippen MR) is 57.2 cm³/mol. The maximum atomic E-state index is 11.5. The van der Waals surface area contributed by atoms with Crippen molar-refractivity contribution in [1.82, 2.24) is 5.32 Å². The molecule has 0 aliphatic carbocycles. The maximum absolute atomic E-state index is 11.5. The number of carbonyl (C=O) groups excluding carboxylic acids is 2. The molecular formula is C10H17N3O2. The summed E-state index contributed by atoms with van der Waals surface area (Å²) in [7, 11) is 0. The monoisotopic (exact) mass is 211 g/mol. The van der Waals surface area contributed by atoms with Gasteiger partial charge in [0, 0.05) is 0 Å². The minimum atomic E-state index is -0.645. The van der Waals surface area contributed by atoms with Crippen LogP contribution in [0, 0.1) is 11.8 Å². The van der Waals surface area contributed by atoms with Crippen LogP contribution in [0.3, 0.4) is 0 Å². The Bertz CT molecular complexity index is 310. The molecule has 2 unspecified atom stereocenters. The molecule has 0 aromatic carbocycles. The van der Waals surface area contributed by atoms with Crippen LogP contribution in [-0.4, -0.2) is 23.7 Å². The van der Waals surface area contributed by atoms with Crippen molar-refractivity contribution in [2.24, 2.45) is 22.6 Å². The summed E-state index contributed by atoms with van der Waals surface area (Å²) in [6.45, 7) is 5.61. The summed E-state index contributed by atoms with van der Waals surface area (Å²) in [5.41, 5.74) is 5.80. The fourth-order valence-electron chi connectivity index (χ4n) is 1.38. The number of amides is 2. The molecule has 0 saturated carbocycles. The van der Waals surface area contributed by atoms with Crippen molar-refractivity contribution in [2.45, 2.75) is 33.2 Å². The Kier molecular flexibility index (Phi) is 3.57. The fourth-order valence-corrected chi connectivity index (χ4v) is 1.38. The number of nitrogens with two attached hydrogens (primary N) is 1. The van der Waals surface area contributed by atoms with Gasteiger partial charge in [0.25, 0.3) is 5.91 Å². The van der Waals surface area contributed by atoms with E-state index in [2.05, 4.69) is 10.3 Å². The lowest BCUT2D eigenvalue weighted by atomic mass is 9.99. The number of hydrogen-bond donors (Lipinski definition) is 2. The smallest absolute Gasteiger partial charge is 0.259 e. The Labute approximate surface area is 89.1 Å². The first-order valence-electron chi connectivity index (χ1n) is 5.16. The summed E-state index contributed by atoms with van der Waals surface area (Å²) >= 11 is 0. The predicted octanol–water partition coefficient (Wildman–Crippen LogP) is 0.0508. The van der Waals surface area contributed by atoms with E-state index in [1.54, 1.807) is 6.92 Å². The molecule has 1 aliphatic heterocycles. The summed E-state index contributed by atoms with van der Waals surface area (Å²) in [4.78, 5) is 26.8. The van der Waals surface area contributed by atoms with Crippen molar-refractivity contribution < 1.29 is 9.59 Å². The molecule has 0 aromatic heterocycles. The molecule has 0 saturated heterocycles. The van der Waals surface area contributed by atoms with E-state index >= 15 is 0 Å². The molecule has 1 heterocycles. The van der Waals surface area contributed by atoms with Crippen LogP contribution in [0.4, 0.5) is 0 Å². The Morgan fingerprint density at radius 1 is 1.47 bits per heavy atom. The lowest BCUT2D eigenvalue weighted by molar-refractivity contribution is -0.133. The van der Waals surface area contributed by atoms with Crippen LogP contribution in [0.5, 0.6) is 0 Å². The molecule has 1 aliphatic rings. The van der Waals surface area contributed by atoms with Gasteiger partial charge in [-0.25, -0.2) is 0 Å². The SMILES string of the molecule is CCC1C(=O)N=C(C(N)C(C)C)NC1=O. The first-order valence-corrected chi connectivity index (χ1v) is 5.16. The third kappa shape index (κ3) is 2.41. The van der Waals surface area contributed by atoms with Crippen LogP contribution in [0.1, 0.15) is 27.2 Å². The van der Waals surface area contributed by atoms with Crippen molar-refractivity contribution in [3.8, 4) is 0 Å². The number of rotatable bonds is 3. The van der Waals surface area contributed by atoms with Crippen LogP contribution in [0.2, 0.25) is 0 Å². The van der Waals surface area contributed by atoms with Gasteiger partial charge in [-0.1, -0.05) is 20.8 Å². The molecule has 3 N–H and O–H groups in total. The van der Waals surface area contributed by atoms with E-state index in [9.17, 15) is 9.59 Å². The molecule has 0 fully saturated rings. The number of hydrogen-bond acceptors (Lipinski definition) is 3. The largest absolute Gasteiger partial charge is 0.321 e. The van der Waals surface area contributed by atoms with E-state index in [0.717, 1.165) is 0 Å². The average molecular weight is 211 g/mol. The molecular weight excluding hydrogens is 194 g/mol. The third-order valence-electron chi connectivity index (χ3n) is 2.54. The van der Waals surface area contributed by atoms with Crippen LogP contribution >= 0.6 is 0 Å². The number of nitrogens with zero attached hydrogens (tertiary/aromatic N) is 1. The fraction of sp³-hybridized carbons (Fsp3) is 0.700. The van der Waals surface area contributed by atoms with Crippen LogP contribution in [0.25, 0.3) is 0 Å². The highest BCUT2D eigenvalue weighted by Gasteiger charge is 2.32. The molecule has 2 amide bonds. The van der Waals surface area contributed by atoms with Gasteiger partial charge in [0.1, 0.15) is 11.8 Å². The number of amidine groups is 1. The Morgan fingerprint density at radius 2 is 2.07 bits per heavy atom. The van der Waals surface area contributed by atoms with Gasteiger partial charge in [0.05, 0.1) is 6.04 Å². The molecule has 2 atom stereocenters. The Morgan fingerprint density at radius 3 is 2.47 bits per heavy atom. The third-order valence-corrected chi connectivity index (χ3v) is 2.54. The second kappa shape index (κ2) is 4.53. The van der Waals surface area contributed by atoms with Crippen molar-refractivity contribution in [1.29, 1.82) is 0 Å². The molecule has 0 aromatic rings. The lowest BCUT2D eigenvalue weighted by Gasteiger charge is -2.24. The van der Waals surface area contributed by atoms with E-state index in [0.29, 0.717) is 12.3 Å². The van der Waals surface area contributed by atoms with E-state index in [1.807, 2.05) is 13.8 Å². The van der Waals surface area contributed by atoms with Gasteiger partial charge in [0.2, 0.25) is 5.91 Å². The van der Waals surface area contributed by atoms with E-state index in [1.165, 1.54) is 0 Å². The molecule has 15 heavy (non-hydrogen) atoms. The van der Waals surface area contributed by atoms with E-state index in [4.69, 9.17) is 5.73 Å². The number of aliphatic imine (C=N–C) groups is 1. The summed E-state index contributed by atoms with van der Waals surface area (Å²) < 4.78 is 0. The van der Waals surface area contributed by atoms with Gasteiger partial charge in [0.15, 0.2) is 0 Å². The van der Waals surface area contributed by atoms with Gasteiger partial charge in [-0.2, -0.15) is 4.99 Å². The topological polar surface area (TPSA) is 84.6 Å². The lowest BCUT2D eigenvalue weighted by Crippen LogP contribution is -2.52. The Balaban J connectivity index is 2.87. The zero-order valence-corrected chi connectivity index (χ0v) is 9.28. The number of carbonyl (C=O) groups is 2. The maximum Gasteiger partial charge on any atom is 0.259 e. The van der Waals surface area contributed by atoms with Crippen molar-refractivity contribution in [3.05, 3.63) is 0 Å². The van der Waals surface area contributed by atoms with Crippen molar-refractivity contribution in [2.75, 3.05) is 0 Å². The summed E-state index contributed by atoms with van der Waals surface area (Å²) in [6.07, 6.45) is 0.471. The van der Waals surface area contributed by atoms with Crippen LogP contribution in [0.15, 0.2) is 4.99 Å². The Hall–Kier alpha value is -1.23. The molecule has 5 heteroatoms. The second-order valence-corrected chi connectivity index (χ2v) is 4.06. The highest BCUT2D eigenvalue weighted by molar-refractivity contribution is 6.17. The highest BCUT2D eigenvalue weighted by atomic mass is 16.2. The van der Waals surface area contributed by atoms with Gasteiger partial charge in [-0.15, -0.1) is 0 Å². The molecule has 1 rings (SSSR count). The standard InChI is InChI=1S/C10H17N3O2/c1-4-6-9(14)12-8(13-10(6)15)7(11)5(2)3/h5-7H,4,11H2,1-3H3,(H,12,13,14,15). The quantitative estimate of drug-likeness (QED) is 0.647. The van der Waals surface area contributed by atoms with Gasteiger partial charge < -0.3 is 11.1 Å².